The average Bonchev–Trinajstić information content (AvgIpc) is 3.13. The summed E-state index contributed by atoms with van der Waals surface area (Å²) >= 11 is 0. The highest BCUT2D eigenvalue weighted by molar-refractivity contribution is 5.89. The molecule has 1 unspecified atom stereocenters. The summed E-state index contributed by atoms with van der Waals surface area (Å²) in [7, 11) is 0. The first-order chi connectivity index (χ1) is 15.0. The number of nitrogens with zero attached hydrogens (tertiary/aromatic N) is 2. The minimum atomic E-state index is -0.255. The number of benzene rings is 2. The predicted octanol–water partition coefficient (Wildman–Crippen LogP) is 4.17. The fourth-order valence-corrected chi connectivity index (χ4v) is 4.31. The van der Waals surface area contributed by atoms with Gasteiger partial charge in [-0.25, -0.2) is 4.39 Å². The minimum Gasteiger partial charge on any atom is -0.466 e. The molecule has 1 atom stereocenters. The number of likely N-dealkylation sites (tertiary alicyclic amines) is 1. The van der Waals surface area contributed by atoms with Gasteiger partial charge < -0.3 is 14.2 Å². The van der Waals surface area contributed by atoms with Crippen LogP contribution in [0.4, 0.5) is 4.39 Å². The van der Waals surface area contributed by atoms with Crippen LogP contribution in [-0.2, 0) is 27.3 Å². The maximum Gasteiger partial charge on any atom is 0.310 e. The highest BCUT2D eigenvalue weighted by Crippen LogP contribution is 2.25. The Hall–Kier alpha value is -3.15. The van der Waals surface area contributed by atoms with Crippen molar-refractivity contribution >= 4 is 22.8 Å². The summed E-state index contributed by atoms with van der Waals surface area (Å²) in [6.07, 6.45) is 3.87. The van der Waals surface area contributed by atoms with Crippen molar-refractivity contribution in [2.45, 2.75) is 32.7 Å². The molecule has 3 aromatic rings. The second-order valence-electron chi connectivity index (χ2n) is 8.03. The summed E-state index contributed by atoms with van der Waals surface area (Å²) in [4.78, 5) is 27.0. The molecular formula is C25H27FN2O3. The van der Waals surface area contributed by atoms with E-state index in [-0.39, 0.29) is 30.0 Å². The summed E-state index contributed by atoms with van der Waals surface area (Å²) in [6.45, 7) is 3.85. The Bertz CT molecular complexity index is 1070. The van der Waals surface area contributed by atoms with Crippen LogP contribution in [0.1, 0.15) is 30.9 Å². The quantitative estimate of drug-likeness (QED) is 0.560. The summed E-state index contributed by atoms with van der Waals surface area (Å²) in [5.41, 5.74) is 2.99. The number of aromatic nitrogens is 1. The molecule has 1 amide bonds. The zero-order chi connectivity index (χ0) is 21.8. The molecule has 2 heterocycles. The third kappa shape index (κ3) is 4.79. The van der Waals surface area contributed by atoms with E-state index < -0.39 is 0 Å². The molecule has 0 saturated carbocycles. The number of piperidine rings is 1. The van der Waals surface area contributed by atoms with Crippen LogP contribution in [0.2, 0.25) is 0 Å². The Kier molecular flexibility index (Phi) is 6.35. The van der Waals surface area contributed by atoms with E-state index >= 15 is 0 Å². The molecular weight excluding hydrogens is 395 g/mol. The number of rotatable bonds is 6. The van der Waals surface area contributed by atoms with Crippen molar-refractivity contribution in [3.8, 4) is 0 Å². The molecule has 0 spiro atoms. The maximum atomic E-state index is 13.2. The van der Waals surface area contributed by atoms with E-state index in [0.29, 0.717) is 26.2 Å². The third-order valence-electron chi connectivity index (χ3n) is 5.87. The van der Waals surface area contributed by atoms with Gasteiger partial charge in [-0.3, -0.25) is 9.59 Å². The van der Waals surface area contributed by atoms with E-state index in [1.807, 2.05) is 30.5 Å². The van der Waals surface area contributed by atoms with Crippen molar-refractivity contribution in [3.63, 3.8) is 0 Å². The number of hydrogen-bond donors (Lipinski definition) is 0. The lowest BCUT2D eigenvalue weighted by Crippen LogP contribution is -2.43. The Morgan fingerprint density at radius 2 is 1.90 bits per heavy atom. The Morgan fingerprint density at radius 1 is 1.13 bits per heavy atom. The van der Waals surface area contributed by atoms with Crippen molar-refractivity contribution in [3.05, 3.63) is 71.7 Å². The fourth-order valence-electron chi connectivity index (χ4n) is 4.31. The normalized spacial score (nSPS) is 16.5. The molecule has 2 aromatic carbocycles. The Balaban J connectivity index is 1.52. The van der Waals surface area contributed by atoms with Crippen molar-refractivity contribution in [1.29, 1.82) is 0 Å². The Labute approximate surface area is 181 Å². The van der Waals surface area contributed by atoms with Gasteiger partial charge in [-0.1, -0.05) is 30.3 Å². The number of carbonyl (C=O) groups excluding carboxylic acids is 2. The summed E-state index contributed by atoms with van der Waals surface area (Å²) in [5, 5.41) is 1.04. The maximum absolute atomic E-state index is 13.2. The van der Waals surface area contributed by atoms with Crippen LogP contribution >= 0.6 is 0 Å². The van der Waals surface area contributed by atoms with Gasteiger partial charge in [0.1, 0.15) is 5.82 Å². The van der Waals surface area contributed by atoms with E-state index in [1.54, 1.807) is 24.0 Å². The van der Waals surface area contributed by atoms with Crippen LogP contribution in [0.3, 0.4) is 0 Å². The van der Waals surface area contributed by atoms with Gasteiger partial charge in [-0.15, -0.1) is 0 Å². The van der Waals surface area contributed by atoms with Crippen molar-refractivity contribution < 1.29 is 18.7 Å². The first-order valence-electron chi connectivity index (χ1n) is 10.8. The molecule has 6 heteroatoms. The highest BCUT2D eigenvalue weighted by atomic mass is 19.1. The van der Waals surface area contributed by atoms with Gasteiger partial charge in [0.15, 0.2) is 0 Å². The van der Waals surface area contributed by atoms with E-state index in [2.05, 4.69) is 4.57 Å². The predicted molar refractivity (Wildman–Crippen MR) is 117 cm³/mol. The lowest BCUT2D eigenvalue weighted by molar-refractivity contribution is -0.151. The molecule has 1 aromatic heterocycles. The minimum absolute atomic E-state index is 0.0266. The number of hydrogen-bond acceptors (Lipinski definition) is 3. The molecule has 31 heavy (non-hydrogen) atoms. The average molecular weight is 423 g/mol. The fraction of sp³-hybridized carbons (Fsp3) is 0.360. The lowest BCUT2D eigenvalue weighted by Gasteiger charge is -2.31. The summed E-state index contributed by atoms with van der Waals surface area (Å²) < 4.78 is 20.5. The van der Waals surface area contributed by atoms with Crippen LogP contribution < -0.4 is 0 Å². The first kappa shape index (κ1) is 21.1. The molecule has 1 fully saturated rings. The van der Waals surface area contributed by atoms with Crippen LogP contribution in [0.15, 0.2) is 54.7 Å². The topological polar surface area (TPSA) is 51.5 Å². The second kappa shape index (κ2) is 9.33. The molecule has 0 bridgehead atoms. The number of halogens is 1. The molecule has 1 aliphatic heterocycles. The van der Waals surface area contributed by atoms with Crippen molar-refractivity contribution in [1.82, 2.24) is 9.47 Å². The van der Waals surface area contributed by atoms with Crippen LogP contribution in [-0.4, -0.2) is 41.0 Å². The van der Waals surface area contributed by atoms with Crippen molar-refractivity contribution in [2.75, 3.05) is 19.7 Å². The molecule has 162 valence electrons. The number of carbonyl (C=O) groups is 2. The molecule has 0 aliphatic carbocycles. The second-order valence-corrected chi connectivity index (χ2v) is 8.03. The molecule has 0 N–H and O–H groups in total. The van der Waals surface area contributed by atoms with Crippen LogP contribution in [0.5, 0.6) is 0 Å². The van der Waals surface area contributed by atoms with Gasteiger partial charge in [-0.05, 0) is 49.1 Å². The van der Waals surface area contributed by atoms with Gasteiger partial charge in [0.2, 0.25) is 5.91 Å². The van der Waals surface area contributed by atoms with E-state index in [9.17, 15) is 14.0 Å². The van der Waals surface area contributed by atoms with Gasteiger partial charge in [-0.2, -0.15) is 0 Å². The monoisotopic (exact) mass is 422 g/mol. The number of ether oxygens (including phenoxy) is 1. The largest absolute Gasteiger partial charge is 0.466 e. The zero-order valence-electron chi connectivity index (χ0n) is 17.7. The van der Waals surface area contributed by atoms with Gasteiger partial charge in [0.25, 0.3) is 0 Å². The lowest BCUT2D eigenvalue weighted by atomic mass is 9.97. The molecule has 4 rings (SSSR count). The van der Waals surface area contributed by atoms with Crippen molar-refractivity contribution in [2.24, 2.45) is 5.92 Å². The first-order valence-corrected chi connectivity index (χ1v) is 10.8. The standard InChI is InChI=1S/C25H27FN2O3/c1-2-31-25(30)19-6-5-13-27(16-19)24(29)14-20-17-28(23-8-4-3-7-22(20)23)15-18-9-11-21(26)12-10-18/h3-4,7-12,17,19H,2,5-6,13-16H2,1H3. The van der Waals surface area contributed by atoms with Gasteiger partial charge >= 0.3 is 5.97 Å². The molecule has 0 radical (unpaired) electrons. The number of para-hydroxylation sites is 1. The Morgan fingerprint density at radius 3 is 2.68 bits per heavy atom. The molecule has 5 nitrogen and oxygen atoms in total. The third-order valence-corrected chi connectivity index (χ3v) is 5.87. The van der Waals surface area contributed by atoms with Gasteiger partial charge in [0.05, 0.1) is 18.9 Å². The molecule has 1 saturated heterocycles. The number of esters is 1. The van der Waals surface area contributed by atoms with E-state index in [1.165, 1.54) is 12.1 Å². The number of amides is 1. The van der Waals surface area contributed by atoms with E-state index in [0.717, 1.165) is 34.9 Å². The number of fused-ring (bicyclic) bond motifs is 1. The zero-order valence-corrected chi connectivity index (χ0v) is 17.7. The SMILES string of the molecule is CCOC(=O)C1CCCN(C(=O)Cc2cn(Cc3ccc(F)cc3)c3ccccc23)C1. The summed E-state index contributed by atoms with van der Waals surface area (Å²) in [6, 6.07) is 14.5. The molecule has 1 aliphatic rings. The smallest absolute Gasteiger partial charge is 0.310 e. The van der Waals surface area contributed by atoms with E-state index in [4.69, 9.17) is 4.74 Å². The van der Waals surface area contributed by atoms with Gasteiger partial charge in [0, 0.05) is 36.7 Å². The summed E-state index contributed by atoms with van der Waals surface area (Å²) in [5.74, 6) is -0.679. The highest BCUT2D eigenvalue weighted by Gasteiger charge is 2.29. The van der Waals surface area contributed by atoms with Crippen LogP contribution in [0.25, 0.3) is 10.9 Å². The van der Waals surface area contributed by atoms with Crippen LogP contribution in [0, 0.1) is 11.7 Å².